The highest BCUT2D eigenvalue weighted by Crippen LogP contribution is 2.28. The molecule has 2 amide bonds. The summed E-state index contributed by atoms with van der Waals surface area (Å²) in [5, 5.41) is 3.11. The minimum atomic E-state index is -4.08. The number of carbonyl (C=O) groups is 2. The van der Waals surface area contributed by atoms with E-state index in [0.29, 0.717) is 5.69 Å². The second-order valence-corrected chi connectivity index (χ2v) is 12.6. The molecule has 212 valence electrons. The van der Waals surface area contributed by atoms with Gasteiger partial charge in [-0.25, -0.2) is 8.42 Å². The Hall–Kier alpha value is -3.65. The lowest BCUT2D eigenvalue weighted by Crippen LogP contribution is -2.52. The fourth-order valence-electron chi connectivity index (χ4n) is 5.26. The normalized spacial score (nSPS) is 14.5. The molecular formula is C32H39N3O4S. The first-order chi connectivity index (χ1) is 19.1. The standard InChI is InChI=1S/C32H39N3O4S/c1-23-18-19-30(25(3)20-23)35(40(38,39)29-16-6-5-7-17-29)22-31(36)34(21-27-13-9-8-12-24(27)2)26(4)32(37)33-28-14-10-11-15-28/h5-9,12-13,16-20,26,28H,10-11,14-15,21-22H2,1-4H3,(H,33,37)/t26-/m0/s1. The van der Waals surface area contributed by atoms with E-state index in [9.17, 15) is 18.0 Å². The lowest BCUT2D eigenvalue weighted by Gasteiger charge is -2.33. The first-order valence-electron chi connectivity index (χ1n) is 13.9. The maximum Gasteiger partial charge on any atom is 0.264 e. The van der Waals surface area contributed by atoms with E-state index in [2.05, 4.69) is 5.32 Å². The van der Waals surface area contributed by atoms with Crippen LogP contribution in [0.4, 0.5) is 5.69 Å². The van der Waals surface area contributed by atoms with Crippen molar-refractivity contribution >= 4 is 27.5 Å². The molecule has 0 spiro atoms. The maximum atomic E-state index is 14.1. The Balaban J connectivity index is 1.71. The smallest absolute Gasteiger partial charge is 0.264 e. The van der Waals surface area contributed by atoms with Gasteiger partial charge >= 0.3 is 0 Å². The van der Waals surface area contributed by atoms with Crippen molar-refractivity contribution in [1.29, 1.82) is 0 Å². The highest BCUT2D eigenvalue weighted by Gasteiger charge is 2.34. The van der Waals surface area contributed by atoms with Crippen molar-refractivity contribution < 1.29 is 18.0 Å². The van der Waals surface area contributed by atoms with Gasteiger partial charge in [0.1, 0.15) is 12.6 Å². The van der Waals surface area contributed by atoms with Crippen molar-refractivity contribution in [3.8, 4) is 0 Å². The van der Waals surface area contributed by atoms with Crippen LogP contribution in [0.1, 0.15) is 54.9 Å². The lowest BCUT2D eigenvalue weighted by atomic mass is 10.1. The van der Waals surface area contributed by atoms with Gasteiger partial charge in [0.05, 0.1) is 10.6 Å². The number of sulfonamides is 1. The molecule has 1 aliphatic carbocycles. The molecule has 1 fully saturated rings. The number of hydrogen-bond acceptors (Lipinski definition) is 4. The summed E-state index contributed by atoms with van der Waals surface area (Å²) in [4.78, 5) is 29.1. The first kappa shape index (κ1) is 29.3. The molecule has 8 heteroatoms. The highest BCUT2D eigenvalue weighted by atomic mass is 32.2. The number of anilines is 1. The molecule has 0 radical (unpaired) electrons. The van der Waals surface area contributed by atoms with Gasteiger partial charge in [-0.3, -0.25) is 13.9 Å². The number of rotatable bonds is 10. The lowest BCUT2D eigenvalue weighted by molar-refractivity contribution is -0.139. The number of nitrogens with zero attached hydrogens (tertiary/aromatic N) is 2. The number of carbonyl (C=O) groups excluding carboxylic acids is 2. The van der Waals surface area contributed by atoms with Gasteiger partial charge in [0, 0.05) is 12.6 Å². The number of amides is 2. The predicted molar refractivity (Wildman–Crippen MR) is 158 cm³/mol. The zero-order valence-corrected chi connectivity index (χ0v) is 24.6. The Kier molecular flexibility index (Phi) is 9.30. The van der Waals surface area contributed by atoms with Crippen molar-refractivity contribution in [2.45, 2.75) is 76.9 Å². The largest absolute Gasteiger partial charge is 0.352 e. The summed E-state index contributed by atoms with van der Waals surface area (Å²) in [5.41, 5.74) is 4.06. The van der Waals surface area contributed by atoms with E-state index in [1.54, 1.807) is 31.2 Å². The van der Waals surface area contributed by atoms with Crippen molar-refractivity contribution in [2.75, 3.05) is 10.8 Å². The molecule has 1 atom stereocenters. The third-order valence-corrected chi connectivity index (χ3v) is 9.48. The Morgan fingerprint density at radius 2 is 1.55 bits per heavy atom. The number of nitrogens with one attached hydrogen (secondary N) is 1. The minimum Gasteiger partial charge on any atom is -0.352 e. The van der Waals surface area contributed by atoms with Crippen LogP contribution in [0.2, 0.25) is 0 Å². The first-order valence-corrected chi connectivity index (χ1v) is 15.3. The molecule has 0 aliphatic heterocycles. The molecule has 1 aliphatic rings. The fraction of sp³-hybridized carbons (Fsp3) is 0.375. The summed E-state index contributed by atoms with van der Waals surface area (Å²) < 4.78 is 29.1. The molecule has 7 nitrogen and oxygen atoms in total. The topological polar surface area (TPSA) is 86.8 Å². The molecular weight excluding hydrogens is 522 g/mol. The molecule has 0 bridgehead atoms. The Morgan fingerprint density at radius 1 is 0.900 bits per heavy atom. The zero-order valence-electron chi connectivity index (χ0n) is 23.8. The Bertz CT molecular complexity index is 1450. The Morgan fingerprint density at radius 3 is 2.20 bits per heavy atom. The van der Waals surface area contributed by atoms with Crippen LogP contribution >= 0.6 is 0 Å². The molecule has 0 heterocycles. The predicted octanol–water partition coefficient (Wildman–Crippen LogP) is 5.28. The van der Waals surface area contributed by atoms with Gasteiger partial charge in [0.15, 0.2) is 0 Å². The van der Waals surface area contributed by atoms with E-state index < -0.39 is 28.5 Å². The highest BCUT2D eigenvalue weighted by molar-refractivity contribution is 7.92. The molecule has 1 N–H and O–H groups in total. The van der Waals surface area contributed by atoms with Crippen molar-refractivity contribution in [3.63, 3.8) is 0 Å². The molecule has 0 unspecified atom stereocenters. The van der Waals surface area contributed by atoms with Gasteiger partial charge in [0.25, 0.3) is 10.0 Å². The molecule has 40 heavy (non-hydrogen) atoms. The third-order valence-electron chi connectivity index (χ3n) is 7.70. The van der Waals surface area contributed by atoms with Crippen LogP contribution in [-0.2, 0) is 26.2 Å². The van der Waals surface area contributed by atoms with E-state index in [4.69, 9.17) is 0 Å². The molecule has 1 saturated carbocycles. The second-order valence-electron chi connectivity index (χ2n) is 10.7. The van der Waals surface area contributed by atoms with Crippen molar-refractivity contribution in [3.05, 3.63) is 95.1 Å². The van der Waals surface area contributed by atoms with E-state index in [0.717, 1.165) is 47.9 Å². The Labute approximate surface area is 238 Å². The van der Waals surface area contributed by atoms with Gasteiger partial charge in [-0.15, -0.1) is 0 Å². The van der Waals surface area contributed by atoms with Crippen LogP contribution in [0, 0.1) is 20.8 Å². The summed E-state index contributed by atoms with van der Waals surface area (Å²) in [5.74, 6) is -0.672. The van der Waals surface area contributed by atoms with Crippen LogP contribution in [0.3, 0.4) is 0 Å². The van der Waals surface area contributed by atoms with Gasteiger partial charge in [-0.05, 0) is 75.4 Å². The SMILES string of the molecule is Cc1ccc(N(CC(=O)N(Cc2ccccc2C)[C@@H](C)C(=O)NC2CCCC2)S(=O)(=O)c2ccccc2)c(C)c1. The molecule has 0 saturated heterocycles. The monoisotopic (exact) mass is 561 g/mol. The average Bonchev–Trinajstić information content (AvgIpc) is 3.44. The van der Waals surface area contributed by atoms with Crippen LogP contribution in [0.5, 0.6) is 0 Å². The van der Waals surface area contributed by atoms with Gasteiger partial charge in [-0.1, -0.05) is 73.0 Å². The van der Waals surface area contributed by atoms with E-state index in [1.807, 2.05) is 57.2 Å². The van der Waals surface area contributed by atoms with Crippen molar-refractivity contribution in [2.24, 2.45) is 0 Å². The molecule has 4 rings (SSSR count). The average molecular weight is 562 g/mol. The second kappa shape index (κ2) is 12.7. The summed E-state index contributed by atoms with van der Waals surface area (Å²) in [6, 6.07) is 20.6. The summed E-state index contributed by atoms with van der Waals surface area (Å²) in [7, 11) is -4.08. The minimum absolute atomic E-state index is 0.0975. The van der Waals surface area contributed by atoms with Crippen molar-refractivity contribution in [1.82, 2.24) is 10.2 Å². The number of hydrogen-bond donors (Lipinski definition) is 1. The number of benzene rings is 3. The van der Waals surface area contributed by atoms with Crippen LogP contribution < -0.4 is 9.62 Å². The van der Waals surface area contributed by atoms with Gasteiger partial charge in [-0.2, -0.15) is 0 Å². The van der Waals surface area contributed by atoms with Crippen LogP contribution in [-0.4, -0.2) is 43.8 Å². The van der Waals surface area contributed by atoms with Crippen LogP contribution in [0.25, 0.3) is 0 Å². The zero-order chi connectivity index (χ0) is 28.9. The number of aryl methyl sites for hydroxylation is 3. The molecule has 3 aromatic carbocycles. The molecule has 0 aromatic heterocycles. The third kappa shape index (κ3) is 6.73. The van der Waals surface area contributed by atoms with E-state index in [-0.39, 0.29) is 23.4 Å². The fourth-order valence-corrected chi connectivity index (χ4v) is 6.76. The summed E-state index contributed by atoms with van der Waals surface area (Å²) >= 11 is 0. The van der Waals surface area contributed by atoms with E-state index >= 15 is 0 Å². The van der Waals surface area contributed by atoms with E-state index in [1.165, 1.54) is 21.3 Å². The summed E-state index contributed by atoms with van der Waals surface area (Å²) in [6.45, 7) is 7.21. The quantitative estimate of drug-likeness (QED) is 0.365. The summed E-state index contributed by atoms with van der Waals surface area (Å²) in [6.07, 6.45) is 4.01. The van der Waals surface area contributed by atoms with Crippen LogP contribution in [0.15, 0.2) is 77.7 Å². The van der Waals surface area contributed by atoms with Gasteiger partial charge < -0.3 is 10.2 Å². The maximum absolute atomic E-state index is 14.1. The van der Waals surface area contributed by atoms with Gasteiger partial charge in [0.2, 0.25) is 11.8 Å². The molecule has 3 aromatic rings.